The lowest BCUT2D eigenvalue weighted by atomic mass is 9.95. The summed E-state index contributed by atoms with van der Waals surface area (Å²) in [7, 11) is 2.72. The Morgan fingerprint density at radius 3 is 2.79 bits per heavy atom. The molecule has 0 N–H and O–H groups in total. The largest absolute Gasteiger partial charge is 0.493 e. The summed E-state index contributed by atoms with van der Waals surface area (Å²) < 4.78 is 5.54. The van der Waals surface area contributed by atoms with E-state index in [1.54, 1.807) is 0 Å². The summed E-state index contributed by atoms with van der Waals surface area (Å²) in [4.78, 5) is 0. The lowest BCUT2D eigenvalue weighted by Crippen LogP contribution is -2.13. The Kier molecular flexibility index (Phi) is 4.41. The van der Waals surface area contributed by atoms with Crippen LogP contribution < -0.4 is 10.0 Å². The molecule has 0 aromatic heterocycles. The van der Waals surface area contributed by atoms with E-state index in [9.17, 15) is 0 Å². The van der Waals surface area contributed by atoms with Crippen LogP contribution in [0.1, 0.15) is 38.7 Å². The monoisotopic (exact) mass is 210 g/mol. The Balaban J connectivity index is 0.000000461. The molecule has 2 rings (SSSR count). The van der Waals surface area contributed by atoms with Crippen LogP contribution in [0.25, 0.3) is 0 Å². The van der Waals surface area contributed by atoms with Crippen LogP contribution in [0.5, 0.6) is 5.75 Å². The van der Waals surface area contributed by atoms with Crippen molar-refractivity contribution in [2.45, 2.75) is 33.1 Å². The highest BCUT2D eigenvalue weighted by molar-refractivity contribution is 7.27. The van der Waals surface area contributed by atoms with Crippen LogP contribution >= 0.6 is 9.24 Å². The predicted molar refractivity (Wildman–Crippen MR) is 65.7 cm³/mol. The SMILES string of the molecule is CC.CC1CCOc2ccc(P)cc21. The van der Waals surface area contributed by atoms with Gasteiger partial charge in [0.05, 0.1) is 6.61 Å². The second-order valence-electron chi connectivity index (χ2n) is 3.34. The van der Waals surface area contributed by atoms with Gasteiger partial charge in [-0.1, -0.05) is 26.8 Å². The minimum Gasteiger partial charge on any atom is -0.493 e. The summed E-state index contributed by atoms with van der Waals surface area (Å²) in [6.07, 6.45) is 1.14. The highest BCUT2D eigenvalue weighted by Crippen LogP contribution is 2.32. The third-order valence-electron chi connectivity index (χ3n) is 2.37. The molecule has 1 aromatic rings. The Morgan fingerprint density at radius 2 is 2.07 bits per heavy atom. The van der Waals surface area contributed by atoms with Gasteiger partial charge in [-0.05, 0) is 35.3 Å². The fourth-order valence-corrected chi connectivity index (χ4v) is 1.86. The molecule has 0 saturated carbocycles. The second-order valence-corrected chi connectivity index (χ2v) is 4.00. The van der Waals surface area contributed by atoms with E-state index in [1.165, 1.54) is 10.9 Å². The van der Waals surface area contributed by atoms with E-state index in [0.29, 0.717) is 5.92 Å². The van der Waals surface area contributed by atoms with Gasteiger partial charge in [0.1, 0.15) is 5.75 Å². The topological polar surface area (TPSA) is 9.23 Å². The summed E-state index contributed by atoms with van der Waals surface area (Å²) in [6.45, 7) is 7.12. The first-order chi connectivity index (χ1) is 6.77. The van der Waals surface area contributed by atoms with Gasteiger partial charge in [0.25, 0.3) is 0 Å². The van der Waals surface area contributed by atoms with Crippen LogP contribution in [0.3, 0.4) is 0 Å². The van der Waals surface area contributed by atoms with Gasteiger partial charge in [0, 0.05) is 0 Å². The Morgan fingerprint density at radius 1 is 1.36 bits per heavy atom. The normalized spacial score (nSPS) is 18.7. The van der Waals surface area contributed by atoms with Crippen molar-refractivity contribution in [2.75, 3.05) is 6.61 Å². The Labute approximate surface area is 89.1 Å². The smallest absolute Gasteiger partial charge is 0.122 e. The molecule has 2 heteroatoms. The average molecular weight is 210 g/mol. The summed E-state index contributed by atoms with van der Waals surface area (Å²) in [5, 5.41) is 1.24. The fourth-order valence-electron chi connectivity index (χ4n) is 1.58. The van der Waals surface area contributed by atoms with Crippen molar-refractivity contribution in [2.24, 2.45) is 0 Å². The van der Waals surface area contributed by atoms with Crippen molar-refractivity contribution in [3.63, 3.8) is 0 Å². The first-order valence-corrected chi connectivity index (χ1v) is 5.87. The highest BCUT2D eigenvalue weighted by atomic mass is 31.0. The molecule has 1 aliphatic rings. The fraction of sp³-hybridized carbons (Fsp3) is 0.500. The lowest BCUT2D eigenvalue weighted by molar-refractivity contribution is 0.272. The maximum absolute atomic E-state index is 5.54. The van der Waals surface area contributed by atoms with Gasteiger partial charge in [0.2, 0.25) is 0 Å². The number of rotatable bonds is 0. The van der Waals surface area contributed by atoms with Crippen molar-refractivity contribution in [3.05, 3.63) is 23.8 Å². The van der Waals surface area contributed by atoms with Gasteiger partial charge in [0.15, 0.2) is 0 Å². The Bertz CT molecular complexity index is 296. The van der Waals surface area contributed by atoms with Crippen molar-refractivity contribution in [3.8, 4) is 5.75 Å². The third kappa shape index (κ3) is 2.48. The maximum Gasteiger partial charge on any atom is 0.122 e. The molecule has 0 spiro atoms. The van der Waals surface area contributed by atoms with Crippen LogP contribution in [0.4, 0.5) is 0 Å². The first kappa shape index (κ1) is 11.5. The zero-order valence-corrected chi connectivity index (χ0v) is 10.4. The molecule has 1 aliphatic heterocycles. The summed E-state index contributed by atoms with van der Waals surface area (Å²) in [6, 6.07) is 6.33. The van der Waals surface area contributed by atoms with Gasteiger partial charge < -0.3 is 4.74 Å². The van der Waals surface area contributed by atoms with E-state index in [2.05, 4.69) is 34.4 Å². The molecule has 0 amide bonds. The molecule has 2 atom stereocenters. The van der Waals surface area contributed by atoms with E-state index in [4.69, 9.17) is 4.74 Å². The molecule has 0 aliphatic carbocycles. The van der Waals surface area contributed by atoms with Gasteiger partial charge in [-0.15, -0.1) is 9.24 Å². The van der Waals surface area contributed by atoms with E-state index in [0.717, 1.165) is 18.8 Å². The maximum atomic E-state index is 5.54. The van der Waals surface area contributed by atoms with Crippen molar-refractivity contribution >= 4 is 14.5 Å². The van der Waals surface area contributed by atoms with Crippen LogP contribution in [-0.4, -0.2) is 6.61 Å². The molecule has 0 saturated heterocycles. The van der Waals surface area contributed by atoms with Crippen molar-refractivity contribution in [1.82, 2.24) is 0 Å². The molecular formula is C12H19OP. The van der Waals surface area contributed by atoms with Crippen LogP contribution in [-0.2, 0) is 0 Å². The zero-order valence-electron chi connectivity index (χ0n) is 9.21. The van der Waals surface area contributed by atoms with Gasteiger partial charge >= 0.3 is 0 Å². The highest BCUT2D eigenvalue weighted by Gasteiger charge is 2.16. The lowest BCUT2D eigenvalue weighted by Gasteiger charge is -2.23. The number of ether oxygens (including phenoxy) is 1. The molecule has 0 radical (unpaired) electrons. The number of hydrogen-bond acceptors (Lipinski definition) is 1. The second kappa shape index (κ2) is 5.36. The first-order valence-electron chi connectivity index (χ1n) is 5.29. The van der Waals surface area contributed by atoms with Crippen LogP contribution in [0.15, 0.2) is 18.2 Å². The molecule has 1 aromatic carbocycles. The molecule has 2 unspecified atom stereocenters. The standard InChI is InChI=1S/C10H13OP.C2H6/c1-7-4-5-11-10-3-2-8(12)6-9(7)10;1-2/h2-3,6-7H,4-5,12H2,1H3;1-2H3. The van der Waals surface area contributed by atoms with E-state index >= 15 is 0 Å². The van der Waals surface area contributed by atoms with Gasteiger partial charge in [-0.25, -0.2) is 0 Å². The van der Waals surface area contributed by atoms with E-state index in [-0.39, 0.29) is 0 Å². The predicted octanol–water partition coefficient (Wildman–Crippen LogP) is 3.10. The zero-order chi connectivity index (χ0) is 10.6. The molecule has 14 heavy (non-hydrogen) atoms. The summed E-state index contributed by atoms with van der Waals surface area (Å²) in [5.41, 5.74) is 1.36. The number of benzene rings is 1. The minimum absolute atomic E-state index is 0.647. The average Bonchev–Trinajstić information content (AvgIpc) is 2.22. The van der Waals surface area contributed by atoms with Crippen LogP contribution in [0, 0.1) is 0 Å². The van der Waals surface area contributed by atoms with Crippen molar-refractivity contribution < 1.29 is 4.74 Å². The molecule has 1 heterocycles. The number of fused-ring (bicyclic) bond motifs is 1. The summed E-state index contributed by atoms with van der Waals surface area (Å²) >= 11 is 0. The summed E-state index contributed by atoms with van der Waals surface area (Å²) in [5.74, 6) is 1.72. The number of hydrogen-bond donors (Lipinski definition) is 0. The quantitative estimate of drug-likeness (QED) is 0.598. The van der Waals surface area contributed by atoms with Crippen LogP contribution in [0.2, 0.25) is 0 Å². The molecule has 1 nitrogen and oxygen atoms in total. The Hall–Kier alpha value is -0.550. The molecule has 78 valence electrons. The molecule has 0 bridgehead atoms. The molecular weight excluding hydrogens is 191 g/mol. The minimum atomic E-state index is 0.647. The van der Waals surface area contributed by atoms with E-state index in [1.807, 2.05) is 13.8 Å². The van der Waals surface area contributed by atoms with Crippen molar-refractivity contribution in [1.29, 1.82) is 0 Å². The van der Waals surface area contributed by atoms with Gasteiger partial charge in [-0.2, -0.15) is 0 Å². The third-order valence-corrected chi connectivity index (χ3v) is 2.73. The van der Waals surface area contributed by atoms with E-state index < -0.39 is 0 Å². The van der Waals surface area contributed by atoms with Gasteiger partial charge in [-0.3, -0.25) is 0 Å². The molecule has 0 fully saturated rings.